The van der Waals surface area contributed by atoms with Crippen molar-refractivity contribution in [1.82, 2.24) is 15.4 Å². The van der Waals surface area contributed by atoms with Crippen LogP contribution in [0.4, 0.5) is 0 Å². The van der Waals surface area contributed by atoms with E-state index in [0.29, 0.717) is 21.9 Å². The van der Waals surface area contributed by atoms with Gasteiger partial charge in [-0.3, -0.25) is 19.9 Å². The van der Waals surface area contributed by atoms with Crippen LogP contribution in [0.1, 0.15) is 81.8 Å². The third kappa shape index (κ3) is 3.40. The lowest BCUT2D eigenvalue weighted by Gasteiger charge is -2.68. The second-order valence-corrected chi connectivity index (χ2v) is 10.3. The highest BCUT2D eigenvalue weighted by Crippen LogP contribution is 2.67. The Labute approximate surface area is 162 Å². The van der Waals surface area contributed by atoms with Crippen molar-refractivity contribution in [3.8, 4) is 0 Å². The Morgan fingerprint density at radius 2 is 1.93 bits per heavy atom. The van der Waals surface area contributed by atoms with Gasteiger partial charge in [0.05, 0.1) is 11.3 Å². The number of nitrogens with one attached hydrogen (secondary N) is 1. The number of amides is 1. The molecular formula is C22H33N3O2. The van der Waals surface area contributed by atoms with Crippen molar-refractivity contribution >= 4 is 5.91 Å². The number of nitrogens with zero attached hydrogens (tertiary/aromatic N) is 2. The van der Waals surface area contributed by atoms with E-state index in [4.69, 9.17) is 5.21 Å². The van der Waals surface area contributed by atoms with Crippen molar-refractivity contribution in [2.45, 2.75) is 77.8 Å². The summed E-state index contributed by atoms with van der Waals surface area (Å²) >= 11 is 0. The Hall–Kier alpha value is -1.46. The maximum absolute atomic E-state index is 11.5. The summed E-state index contributed by atoms with van der Waals surface area (Å²) in [7, 11) is 0. The van der Waals surface area contributed by atoms with Gasteiger partial charge in [0.1, 0.15) is 0 Å². The van der Waals surface area contributed by atoms with E-state index in [1.54, 1.807) is 17.7 Å². The third-order valence-electron chi connectivity index (χ3n) is 7.30. The average Bonchev–Trinajstić information content (AvgIpc) is 2.58. The molecule has 4 bridgehead atoms. The highest BCUT2D eigenvalue weighted by atomic mass is 16.5. The predicted octanol–water partition coefficient (Wildman–Crippen LogP) is 4.16. The molecule has 27 heavy (non-hydrogen) atoms. The Bertz CT molecular complexity index is 699. The van der Waals surface area contributed by atoms with Crippen LogP contribution in [-0.2, 0) is 6.54 Å². The predicted molar refractivity (Wildman–Crippen MR) is 104 cm³/mol. The lowest BCUT2D eigenvalue weighted by molar-refractivity contribution is -0.164. The smallest absolute Gasteiger partial charge is 0.276 e. The molecule has 2 N–H and O–H groups in total. The van der Waals surface area contributed by atoms with Crippen molar-refractivity contribution in [3.63, 3.8) is 0 Å². The zero-order valence-electron chi connectivity index (χ0n) is 16.9. The molecule has 5 rings (SSSR count). The summed E-state index contributed by atoms with van der Waals surface area (Å²) in [6, 6.07) is 3.68. The van der Waals surface area contributed by atoms with Gasteiger partial charge in [-0.1, -0.05) is 20.8 Å². The molecule has 0 spiro atoms. The molecule has 148 valence electrons. The number of hydrogen-bond donors (Lipinski definition) is 2. The van der Waals surface area contributed by atoms with Crippen molar-refractivity contribution in [2.75, 3.05) is 6.54 Å². The van der Waals surface area contributed by atoms with E-state index in [0.717, 1.165) is 31.1 Å². The van der Waals surface area contributed by atoms with Crippen molar-refractivity contribution < 1.29 is 10.0 Å². The fourth-order valence-electron chi connectivity index (χ4n) is 7.41. The van der Waals surface area contributed by atoms with Crippen LogP contribution in [0.3, 0.4) is 0 Å². The number of pyridine rings is 1. The van der Waals surface area contributed by atoms with E-state index in [9.17, 15) is 4.79 Å². The molecule has 5 nitrogen and oxygen atoms in total. The Morgan fingerprint density at radius 1 is 1.22 bits per heavy atom. The van der Waals surface area contributed by atoms with E-state index in [-0.39, 0.29) is 0 Å². The van der Waals surface area contributed by atoms with Crippen LogP contribution in [0.2, 0.25) is 0 Å². The van der Waals surface area contributed by atoms with Crippen molar-refractivity contribution in [1.29, 1.82) is 0 Å². The summed E-state index contributed by atoms with van der Waals surface area (Å²) in [6.45, 7) is 9.25. The molecule has 4 aliphatic carbocycles. The molecule has 0 aliphatic heterocycles. The molecule has 1 aromatic heterocycles. The first kappa shape index (κ1) is 18.9. The SMILES string of the molecule is CCCN(Cc1ccc(C(=O)NO)cn1)C12CC3C[C@@](C)(C1)C[C@](C)(C3)C2. The fraction of sp³-hybridized carbons (Fsp3) is 0.727. The molecule has 4 aliphatic rings. The van der Waals surface area contributed by atoms with Gasteiger partial charge in [0.25, 0.3) is 5.91 Å². The van der Waals surface area contributed by atoms with E-state index >= 15 is 0 Å². The van der Waals surface area contributed by atoms with E-state index < -0.39 is 5.91 Å². The minimum absolute atomic E-state index is 0.307. The Balaban J connectivity index is 1.58. The summed E-state index contributed by atoms with van der Waals surface area (Å²) in [5, 5.41) is 8.78. The molecule has 1 heterocycles. The molecular weight excluding hydrogens is 338 g/mol. The standard InChI is InChI=1S/C22H33N3O2/c1-4-7-25(12-18-6-5-17(11-23-18)19(26)24-27)22-10-16-8-20(2,14-22)13-21(3,9-16)15-22/h5-6,11,16,27H,4,7-10,12-15H2,1-3H3,(H,24,26)/t16?,20-,21+,22?. The minimum Gasteiger partial charge on any atom is -0.292 e. The monoisotopic (exact) mass is 371 g/mol. The largest absolute Gasteiger partial charge is 0.292 e. The molecule has 4 atom stereocenters. The highest BCUT2D eigenvalue weighted by molar-refractivity contribution is 5.92. The molecule has 2 unspecified atom stereocenters. The van der Waals surface area contributed by atoms with Crippen LogP contribution in [0.15, 0.2) is 18.3 Å². The third-order valence-corrected chi connectivity index (χ3v) is 7.30. The number of rotatable bonds is 6. The summed E-state index contributed by atoms with van der Waals surface area (Å²) in [5.74, 6) is 0.362. The maximum atomic E-state index is 11.5. The number of hydroxylamine groups is 1. The molecule has 0 saturated heterocycles. The zero-order chi connectivity index (χ0) is 19.3. The van der Waals surface area contributed by atoms with Crippen LogP contribution in [0, 0.1) is 16.7 Å². The first-order valence-corrected chi connectivity index (χ1v) is 10.4. The van der Waals surface area contributed by atoms with Gasteiger partial charge in [-0.05, 0) is 80.4 Å². The molecule has 1 amide bonds. The van der Waals surface area contributed by atoms with Gasteiger partial charge in [-0.2, -0.15) is 0 Å². The lowest BCUT2D eigenvalue weighted by Crippen LogP contribution is -2.65. The molecule has 4 fully saturated rings. The van der Waals surface area contributed by atoms with Crippen molar-refractivity contribution in [2.24, 2.45) is 16.7 Å². The van der Waals surface area contributed by atoms with Crippen LogP contribution in [-0.4, -0.2) is 33.1 Å². The van der Waals surface area contributed by atoms with E-state index in [1.165, 1.54) is 38.5 Å². The molecule has 5 heteroatoms. The summed E-state index contributed by atoms with van der Waals surface area (Å²) in [5.41, 5.74) is 4.36. The zero-order valence-corrected chi connectivity index (χ0v) is 16.9. The van der Waals surface area contributed by atoms with Crippen LogP contribution in [0.25, 0.3) is 0 Å². The summed E-state index contributed by atoms with van der Waals surface area (Å²) < 4.78 is 0. The summed E-state index contributed by atoms with van der Waals surface area (Å²) in [6.07, 6.45) is 10.9. The number of aromatic nitrogens is 1. The van der Waals surface area contributed by atoms with Crippen LogP contribution in [0.5, 0.6) is 0 Å². The Morgan fingerprint density at radius 3 is 2.44 bits per heavy atom. The van der Waals surface area contributed by atoms with Gasteiger partial charge < -0.3 is 0 Å². The van der Waals surface area contributed by atoms with Gasteiger partial charge in [-0.15, -0.1) is 0 Å². The Kier molecular flexibility index (Phi) is 4.59. The number of hydrogen-bond acceptors (Lipinski definition) is 4. The molecule has 0 radical (unpaired) electrons. The normalized spacial score (nSPS) is 37.0. The second kappa shape index (κ2) is 6.56. The second-order valence-electron chi connectivity index (χ2n) is 10.3. The molecule has 0 aromatic carbocycles. The van der Waals surface area contributed by atoms with Gasteiger partial charge in [0.2, 0.25) is 0 Å². The quantitative estimate of drug-likeness (QED) is 0.582. The fourth-order valence-corrected chi connectivity index (χ4v) is 7.41. The van der Waals surface area contributed by atoms with Gasteiger partial charge in [-0.25, -0.2) is 5.48 Å². The summed E-state index contributed by atoms with van der Waals surface area (Å²) in [4.78, 5) is 18.8. The highest BCUT2D eigenvalue weighted by Gasteiger charge is 2.61. The van der Waals surface area contributed by atoms with Crippen LogP contribution >= 0.6 is 0 Å². The minimum atomic E-state index is -0.513. The number of carbonyl (C=O) groups excluding carboxylic acids is 1. The van der Waals surface area contributed by atoms with E-state index in [1.807, 2.05) is 6.07 Å². The molecule has 1 aromatic rings. The van der Waals surface area contributed by atoms with Crippen LogP contribution < -0.4 is 5.48 Å². The average molecular weight is 372 g/mol. The molecule has 4 saturated carbocycles. The van der Waals surface area contributed by atoms with E-state index in [2.05, 4.69) is 30.7 Å². The first-order chi connectivity index (χ1) is 12.8. The van der Waals surface area contributed by atoms with Gasteiger partial charge >= 0.3 is 0 Å². The van der Waals surface area contributed by atoms with Gasteiger partial charge in [0, 0.05) is 18.3 Å². The number of carbonyl (C=O) groups is 1. The lowest BCUT2D eigenvalue weighted by atomic mass is 9.42. The topological polar surface area (TPSA) is 65.5 Å². The maximum Gasteiger partial charge on any atom is 0.276 e. The van der Waals surface area contributed by atoms with Gasteiger partial charge in [0.15, 0.2) is 0 Å². The first-order valence-electron chi connectivity index (χ1n) is 10.4. The van der Waals surface area contributed by atoms with Crippen molar-refractivity contribution in [3.05, 3.63) is 29.6 Å².